The van der Waals surface area contributed by atoms with Crippen LogP contribution in [0.25, 0.3) is 5.65 Å². The van der Waals surface area contributed by atoms with Gasteiger partial charge < -0.3 is 9.80 Å². The van der Waals surface area contributed by atoms with Gasteiger partial charge in [-0.05, 0) is 26.0 Å². The number of aryl methyl sites for hydroxylation is 2. The Morgan fingerprint density at radius 3 is 2.48 bits per heavy atom. The largest absolute Gasteiger partial charge is 0.417 e. The Balaban J connectivity index is 1.42. The summed E-state index contributed by atoms with van der Waals surface area (Å²) in [5.74, 6) is 0.389. The van der Waals surface area contributed by atoms with Gasteiger partial charge >= 0.3 is 6.18 Å². The summed E-state index contributed by atoms with van der Waals surface area (Å²) in [7, 11) is 0. The van der Waals surface area contributed by atoms with Gasteiger partial charge in [0.25, 0.3) is 5.56 Å². The quantitative estimate of drug-likeness (QED) is 0.681. The van der Waals surface area contributed by atoms with Gasteiger partial charge in [-0.2, -0.15) is 13.2 Å². The van der Waals surface area contributed by atoms with Crippen LogP contribution in [0.2, 0.25) is 0 Å². The van der Waals surface area contributed by atoms with Gasteiger partial charge in [0.05, 0.1) is 12.0 Å². The van der Waals surface area contributed by atoms with Gasteiger partial charge in [-0.1, -0.05) is 0 Å². The zero-order chi connectivity index (χ0) is 22.3. The van der Waals surface area contributed by atoms with Gasteiger partial charge in [-0.3, -0.25) is 14.7 Å². The lowest BCUT2D eigenvalue weighted by Crippen LogP contribution is -2.49. The molecule has 1 aliphatic heterocycles. The van der Waals surface area contributed by atoms with Crippen molar-refractivity contribution in [3.63, 3.8) is 0 Å². The maximum absolute atomic E-state index is 12.9. The van der Waals surface area contributed by atoms with Crippen LogP contribution in [-0.4, -0.2) is 56.6 Å². The van der Waals surface area contributed by atoms with Gasteiger partial charge in [0.2, 0.25) is 5.91 Å². The minimum Gasteiger partial charge on any atom is -0.353 e. The summed E-state index contributed by atoms with van der Waals surface area (Å²) in [6, 6.07) is 3.77. The molecule has 1 N–H and O–H groups in total. The number of alkyl halides is 3. The molecule has 1 fully saturated rings. The molecule has 0 aliphatic carbocycles. The Morgan fingerprint density at radius 2 is 1.87 bits per heavy atom. The van der Waals surface area contributed by atoms with Gasteiger partial charge in [0.1, 0.15) is 5.82 Å². The van der Waals surface area contributed by atoms with Crippen LogP contribution < -0.4 is 10.5 Å². The molecule has 0 saturated carbocycles. The van der Waals surface area contributed by atoms with Crippen LogP contribution in [-0.2, 0) is 17.4 Å². The Bertz CT molecular complexity index is 1170. The Hall–Kier alpha value is -3.37. The Morgan fingerprint density at radius 1 is 1.16 bits per heavy atom. The van der Waals surface area contributed by atoms with Crippen molar-refractivity contribution in [1.29, 1.82) is 0 Å². The van der Waals surface area contributed by atoms with E-state index in [1.807, 2.05) is 11.8 Å². The first-order chi connectivity index (χ1) is 14.6. The third-order valence-corrected chi connectivity index (χ3v) is 5.56. The Kier molecular flexibility index (Phi) is 5.19. The molecule has 0 unspecified atom stereocenters. The number of fused-ring (bicyclic) bond motifs is 1. The van der Waals surface area contributed by atoms with Crippen molar-refractivity contribution in [1.82, 2.24) is 24.5 Å². The van der Waals surface area contributed by atoms with E-state index in [0.717, 1.165) is 23.5 Å². The van der Waals surface area contributed by atoms with Crippen molar-refractivity contribution in [3.8, 4) is 0 Å². The van der Waals surface area contributed by atoms with E-state index in [1.54, 1.807) is 16.3 Å². The number of piperazine rings is 1. The molecule has 0 radical (unpaired) electrons. The van der Waals surface area contributed by atoms with Gasteiger partial charge in [-0.15, -0.1) is 0 Å². The molecule has 0 aromatic carbocycles. The molecular weight excluding hydrogens is 413 g/mol. The van der Waals surface area contributed by atoms with Crippen LogP contribution in [0.4, 0.5) is 19.0 Å². The molecule has 0 spiro atoms. The summed E-state index contributed by atoms with van der Waals surface area (Å²) >= 11 is 0. The van der Waals surface area contributed by atoms with Gasteiger partial charge in [-0.25, -0.2) is 14.5 Å². The number of carbonyl (C=O) groups excluding carboxylic acids is 1. The van der Waals surface area contributed by atoms with Crippen molar-refractivity contribution in [2.24, 2.45) is 0 Å². The SMILES string of the molecule is Cc1nc2cc(=O)[nH]n2c(C)c1CC(=O)N1CCN(c2ccc(C(F)(F)F)cn2)CC1. The number of H-pyrrole nitrogens is 1. The number of aromatic nitrogens is 4. The maximum atomic E-state index is 12.9. The highest BCUT2D eigenvalue weighted by Crippen LogP contribution is 2.29. The van der Waals surface area contributed by atoms with Crippen molar-refractivity contribution in [3.05, 3.63) is 57.3 Å². The predicted octanol–water partition coefficient (Wildman–Crippen LogP) is 1.94. The van der Waals surface area contributed by atoms with Crippen molar-refractivity contribution in [2.45, 2.75) is 26.4 Å². The lowest BCUT2D eigenvalue weighted by molar-refractivity contribution is -0.137. The van der Waals surface area contributed by atoms with Crippen molar-refractivity contribution >= 4 is 17.4 Å². The number of amides is 1. The number of anilines is 1. The number of nitrogens with zero attached hydrogens (tertiary/aromatic N) is 5. The maximum Gasteiger partial charge on any atom is 0.417 e. The normalized spacial score (nSPS) is 15.0. The molecule has 4 heterocycles. The van der Waals surface area contributed by atoms with Gasteiger partial charge in [0, 0.05) is 55.4 Å². The second-order valence-electron chi connectivity index (χ2n) is 7.52. The molecule has 164 valence electrons. The predicted molar refractivity (Wildman–Crippen MR) is 107 cm³/mol. The highest BCUT2D eigenvalue weighted by atomic mass is 19.4. The summed E-state index contributed by atoms with van der Waals surface area (Å²) in [5, 5.41) is 2.67. The van der Waals surface area contributed by atoms with E-state index in [-0.39, 0.29) is 17.9 Å². The van der Waals surface area contributed by atoms with E-state index in [9.17, 15) is 22.8 Å². The van der Waals surface area contributed by atoms with Crippen LogP contribution in [0, 0.1) is 13.8 Å². The molecule has 4 rings (SSSR count). The van der Waals surface area contributed by atoms with Gasteiger partial charge in [0.15, 0.2) is 5.65 Å². The smallest absolute Gasteiger partial charge is 0.353 e. The first-order valence-electron chi connectivity index (χ1n) is 9.77. The molecule has 11 heteroatoms. The van der Waals surface area contributed by atoms with Crippen LogP contribution in [0.15, 0.2) is 29.2 Å². The number of halogens is 3. The lowest BCUT2D eigenvalue weighted by Gasteiger charge is -2.35. The first-order valence-corrected chi connectivity index (χ1v) is 9.77. The molecule has 8 nitrogen and oxygen atoms in total. The number of pyridine rings is 1. The van der Waals surface area contributed by atoms with E-state index in [0.29, 0.717) is 43.3 Å². The van der Waals surface area contributed by atoms with Crippen LogP contribution >= 0.6 is 0 Å². The van der Waals surface area contributed by atoms with E-state index < -0.39 is 11.7 Å². The van der Waals surface area contributed by atoms with Crippen molar-refractivity contribution < 1.29 is 18.0 Å². The van der Waals surface area contributed by atoms with Crippen LogP contribution in [0.3, 0.4) is 0 Å². The molecule has 0 atom stereocenters. The molecule has 1 saturated heterocycles. The molecule has 3 aromatic heterocycles. The second-order valence-corrected chi connectivity index (χ2v) is 7.52. The van der Waals surface area contributed by atoms with E-state index in [1.165, 1.54) is 12.1 Å². The van der Waals surface area contributed by atoms with Crippen LogP contribution in [0.5, 0.6) is 0 Å². The minimum absolute atomic E-state index is 0.0677. The number of rotatable bonds is 3. The zero-order valence-corrected chi connectivity index (χ0v) is 17.0. The monoisotopic (exact) mass is 434 g/mol. The molecular formula is C20H21F3N6O2. The fourth-order valence-electron chi connectivity index (χ4n) is 3.80. The molecule has 3 aromatic rings. The minimum atomic E-state index is -4.42. The second kappa shape index (κ2) is 7.71. The number of aromatic amines is 1. The van der Waals surface area contributed by atoms with E-state index >= 15 is 0 Å². The average molecular weight is 434 g/mol. The van der Waals surface area contributed by atoms with Crippen LogP contribution in [0.1, 0.15) is 22.5 Å². The van der Waals surface area contributed by atoms with E-state index in [4.69, 9.17) is 0 Å². The third-order valence-electron chi connectivity index (χ3n) is 5.56. The summed E-state index contributed by atoms with van der Waals surface area (Å²) in [5.41, 5.74) is 1.67. The van der Waals surface area contributed by atoms with Crippen molar-refractivity contribution in [2.75, 3.05) is 31.1 Å². The summed E-state index contributed by atoms with van der Waals surface area (Å²) < 4.78 is 39.7. The fourth-order valence-corrected chi connectivity index (χ4v) is 3.80. The first kappa shape index (κ1) is 20.9. The number of hydrogen-bond acceptors (Lipinski definition) is 5. The standard InChI is InChI=1S/C20H21F3N6O2/c1-12-15(13(2)29-17(25-12)10-18(30)26-29)9-19(31)28-7-5-27(6-8-28)16-4-3-14(11-24-16)20(21,22)23/h3-4,10-11H,5-9H2,1-2H3,(H,26,30). The average Bonchev–Trinajstić information content (AvgIpc) is 3.11. The molecule has 0 bridgehead atoms. The highest BCUT2D eigenvalue weighted by Gasteiger charge is 2.31. The highest BCUT2D eigenvalue weighted by molar-refractivity contribution is 5.79. The third kappa shape index (κ3) is 4.12. The fraction of sp³-hybridized carbons (Fsp3) is 0.400. The number of hydrogen-bond donors (Lipinski definition) is 1. The number of carbonyl (C=O) groups is 1. The lowest BCUT2D eigenvalue weighted by atomic mass is 10.1. The Labute approximate surface area is 175 Å². The zero-order valence-electron chi connectivity index (χ0n) is 17.0. The summed E-state index contributed by atoms with van der Waals surface area (Å²) in [6.07, 6.45) is -3.44. The van der Waals surface area contributed by atoms with E-state index in [2.05, 4.69) is 15.1 Å². The summed E-state index contributed by atoms with van der Waals surface area (Å²) in [4.78, 5) is 36.4. The number of nitrogens with one attached hydrogen (secondary N) is 1. The topological polar surface area (TPSA) is 86.6 Å². The molecule has 1 amide bonds. The molecule has 1 aliphatic rings. The summed E-state index contributed by atoms with van der Waals surface area (Å²) in [6.45, 7) is 5.47. The molecule has 31 heavy (non-hydrogen) atoms.